The summed E-state index contributed by atoms with van der Waals surface area (Å²) >= 11 is 0. The summed E-state index contributed by atoms with van der Waals surface area (Å²) in [5.74, 6) is -0.475. The van der Waals surface area contributed by atoms with Crippen LogP contribution in [0.1, 0.15) is 12.0 Å². The summed E-state index contributed by atoms with van der Waals surface area (Å²) in [6, 6.07) is 11.0. The maximum Gasteiger partial charge on any atom is 0.270 e. The summed E-state index contributed by atoms with van der Waals surface area (Å²) in [7, 11) is -3.88. The first-order valence-electron chi connectivity index (χ1n) is 9.04. The fourth-order valence-electron chi connectivity index (χ4n) is 3.19. The summed E-state index contributed by atoms with van der Waals surface area (Å²) in [5.41, 5.74) is 0.433. The van der Waals surface area contributed by atoms with Crippen LogP contribution in [0.2, 0.25) is 0 Å². The van der Waals surface area contributed by atoms with Crippen LogP contribution in [0.5, 0.6) is 0 Å². The maximum atomic E-state index is 13.2. The largest absolute Gasteiger partial charge is 0.340 e. The van der Waals surface area contributed by atoms with Gasteiger partial charge in [0.05, 0.1) is 9.82 Å². The molecular formula is C19H20FN3O5S. The van der Waals surface area contributed by atoms with Crippen LogP contribution in [0.4, 0.5) is 10.1 Å². The summed E-state index contributed by atoms with van der Waals surface area (Å²) in [4.78, 5) is 24.1. The number of rotatable bonds is 6. The number of amides is 1. The van der Waals surface area contributed by atoms with Crippen molar-refractivity contribution in [1.29, 1.82) is 0 Å². The standard InChI is InChI=1S/C19H20FN3O5S/c20-16-4-1-3-15(13-16)7-8-19(24)21-9-11-22(12-10-21)29(27,28)18-6-2-5-17(14-18)23(25)26/h1-6,13-14H,7-12H2. The third-order valence-electron chi connectivity index (χ3n) is 4.77. The molecule has 8 nitrogen and oxygen atoms in total. The van der Waals surface area contributed by atoms with E-state index in [-0.39, 0.29) is 54.9 Å². The van der Waals surface area contributed by atoms with E-state index in [0.717, 1.165) is 11.6 Å². The van der Waals surface area contributed by atoms with Gasteiger partial charge in [-0.15, -0.1) is 0 Å². The molecule has 1 amide bonds. The van der Waals surface area contributed by atoms with E-state index in [4.69, 9.17) is 0 Å². The fourth-order valence-corrected chi connectivity index (χ4v) is 4.65. The van der Waals surface area contributed by atoms with Crippen molar-refractivity contribution in [2.75, 3.05) is 26.2 Å². The number of nitrogens with zero attached hydrogens (tertiary/aromatic N) is 3. The van der Waals surface area contributed by atoms with Gasteiger partial charge >= 0.3 is 0 Å². The van der Waals surface area contributed by atoms with E-state index in [0.29, 0.717) is 6.42 Å². The van der Waals surface area contributed by atoms with Crippen LogP contribution >= 0.6 is 0 Å². The van der Waals surface area contributed by atoms with Crippen molar-refractivity contribution in [3.05, 3.63) is 70.0 Å². The van der Waals surface area contributed by atoms with Crippen LogP contribution in [-0.4, -0.2) is 54.6 Å². The van der Waals surface area contributed by atoms with Crippen molar-refractivity contribution in [2.45, 2.75) is 17.7 Å². The second-order valence-corrected chi connectivity index (χ2v) is 8.61. The minimum Gasteiger partial charge on any atom is -0.340 e. The molecule has 3 rings (SSSR count). The number of sulfonamides is 1. The van der Waals surface area contributed by atoms with Gasteiger partial charge in [-0.2, -0.15) is 4.31 Å². The van der Waals surface area contributed by atoms with E-state index >= 15 is 0 Å². The van der Waals surface area contributed by atoms with Crippen LogP contribution in [0.3, 0.4) is 0 Å². The Labute approximate surface area is 167 Å². The minimum absolute atomic E-state index is 0.108. The van der Waals surface area contributed by atoms with Crippen LogP contribution in [0, 0.1) is 15.9 Å². The molecule has 154 valence electrons. The molecule has 0 bridgehead atoms. The molecule has 1 fully saturated rings. The molecule has 2 aromatic carbocycles. The SMILES string of the molecule is O=C(CCc1cccc(F)c1)N1CCN(S(=O)(=O)c2cccc([N+](=O)[O-])c2)CC1. The molecule has 0 saturated carbocycles. The Kier molecular flexibility index (Phi) is 6.23. The molecule has 0 radical (unpaired) electrons. The Hall–Kier alpha value is -2.85. The molecule has 1 heterocycles. The molecule has 0 N–H and O–H groups in total. The Balaban J connectivity index is 1.58. The highest BCUT2D eigenvalue weighted by Gasteiger charge is 2.30. The summed E-state index contributed by atoms with van der Waals surface area (Å²) < 4.78 is 39.9. The third-order valence-corrected chi connectivity index (χ3v) is 6.67. The molecule has 0 unspecified atom stereocenters. The molecule has 1 aliphatic rings. The maximum absolute atomic E-state index is 13.2. The van der Waals surface area contributed by atoms with Crippen molar-refractivity contribution in [3.8, 4) is 0 Å². The second-order valence-electron chi connectivity index (χ2n) is 6.67. The van der Waals surface area contributed by atoms with E-state index < -0.39 is 14.9 Å². The summed E-state index contributed by atoms with van der Waals surface area (Å²) in [5, 5.41) is 10.9. The summed E-state index contributed by atoms with van der Waals surface area (Å²) in [6.07, 6.45) is 0.615. The lowest BCUT2D eigenvalue weighted by Gasteiger charge is -2.34. The van der Waals surface area contributed by atoms with Crippen molar-refractivity contribution >= 4 is 21.6 Å². The van der Waals surface area contributed by atoms with Gasteiger partial charge in [-0.25, -0.2) is 12.8 Å². The topological polar surface area (TPSA) is 101 Å². The zero-order valence-electron chi connectivity index (χ0n) is 15.5. The molecular weight excluding hydrogens is 401 g/mol. The monoisotopic (exact) mass is 421 g/mol. The molecule has 0 spiro atoms. The number of nitro groups is 1. The van der Waals surface area contributed by atoms with Gasteiger partial charge in [0.25, 0.3) is 5.69 Å². The first-order chi connectivity index (χ1) is 13.8. The Bertz CT molecular complexity index is 1020. The van der Waals surface area contributed by atoms with Gasteiger partial charge in [-0.05, 0) is 30.2 Å². The highest BCUT2D eigenvalue weighted by molar-refractivity contribution is 7.89. The number of piperazine rings is 1. The predicted molar refractivity (Wildman–Crippen MR) is 103 cm³/mol. The van der Waals surface area contributed by atoms with Crippen LogP contribution in [0.25, 0.3) is 0 Å². The number of halogens is 1. The number of non-ortho nitro benzene ring substituents is 1. The molecule has 2 aromatic rings. The van der Waals surface area contributed by atoms with Crippen molar-refractivity contribution in [2.24, 2.45) is 0 Å². The van der Waals surface area contributed by atoms with E-state index in [1.165, 1.54) is 34.6 Å². The van der Waals surface area contributed by atoms with Gasteiger partial charge in [0.15, 0.2) is 0 Å². The second kappa shape index (κ2) is 8.66. The molecule has 0 atom stereocenters. The number of aryl methyl sites for hydroxylation is 1. The van der Waals surface area contributed by atoms with Gasteiger partial charge in [0.2, 0.25) is 15.9 Å². The van der Waals surface area contributed by atoms with Crippen LogP contribution < -0.4 is 0 Å². The van der Waals surface area contributed by atoms with E-state index in [2.05, 4.69) is 0 Å². The minimum atomic E-state index is -3.88. The molecule has 1 saturated heterocycles. The average Bonchev–Trinajstić information content (AvgIpc) is 2.72. The van der Waals surface area contributed by atoms with Crippen LogP contribution in [0.15, 0.2) is 53.4 Å². The normalized spacial score (nSPS) is 15.3. The Morgan fingerprint density at radius 3 is 2.41 bits per heavy atom. The number of carbonyl (C=O) groups is 1. The lowest BCUT2D eigenvalue weighted by molar-refractivity contribution is -0.385. The van der Waals surface area contributed by atoms with Crippen molar-refractivity contribution in [1.82, 2.24) is 9.21 Å². The zero-order valence-corrected chi connectivity index (χ0v) is 16.3. The first kappa shape index (κ1) is 20.9. The molecule has 0 aliphatic carbocycles. The Morgan fingerprint density at radius 1 is 1.07 bits per heavy atom. The van der Waals surface area contributed by atoms with E-state index in [1.807, 2.05) is 0 Å². The highest BCUT2D eigenvalue weighted by Crippen LogP contribution is 2.22. The van der Waals surface area contributed by atoms with Crippen molar-refractivity contribution in [3.63, 3.8) is 0 Å². The van der Waals surface area contributed by atoms with Gasteiger partial charge in [-0.3, -0.25) is 14.9 Å². The summed E-state index contributed by atoms with van der Waals surface area (Å²) in [6.45, 7) is 0.680. The van der Waals surface area contributed by atoms with Gasteiger partial charge in [0.1, 0.15) is 5.82 Å². The third kappa shape index (κ3) is 4.96. The molecule has 29 heavy (non-hydrogen) atoms. The number of benzene rings is 2. The van der Waals surface area contributed by atoms with Crippen molar-refractivity contribution < 1.29 is 22.5 Å². The van der Waals surface area contributed by atoms with E-state index in [9.17, 15) is 27.7 Å². The fraction of sp³-hybridized carbons (Fsp3) is 0.316. The molecule has 10 heteroatoms. The lowest BCUT2D eigenvalue weighted by Crippen LogP contribution is -2.50. The van der Waals surface area contributed by atoms with Gasteiger partial charge in [0, 0.05) is 44.7 Å². The molecule has 1 aliphatic heterocycles. The average molecular weight is 421 g/mol. The predicted octanol–water partition coefficient (Wildman–Crippen LogP) is 2.20. The van der Waals surface area contributed by atoms with Gasteiger partial charge in [-0.1, -0.05) is 18.2 Å². The van der Waals surface area contributed by atoms with Crippen LogP contribution in [-0.2, 0) is 21.2 Å². The zero-order chi connectivity index (χ0) is 21.0. The van der Waals surface area contributed by atoms with E-state index in [1.54, 1.807) is 17.0 Å². The smallest absolute Gasteiger partial charge is 0.270 e. The van der Waals surface area contributed by atoms with Gasteiger partial charge < -0.3 is 4.90 Å². The number of nitro benzene ring substituents is 1. The highest BCUT2D eigenvalue weighted by atomic mass is 32.2. The number of hydrogen-bond donors (Lipinski definition) is 0. The molecule has 0 aromatic heterocycles. The quantitative estimate of drug-likeness (QED) is 0.526. The Morgan fingerprint density at radius 2 is 1.76 bits per heavy atom. The first-order valence-corrected chi connectivity index (χ1v) is 10.5. The lowest BCUT2D eigenvalue weighted by atomic mass is 10.1. The number of carbonyl (C=O) groups excluding carboxylic acids is 1. The number of hydrogen-bond acceptors (Lipinski definition) is 5.